The molecule has 3 N–H and O–H groups in total. The minimum absolute atomic E-state index is 0.121. The molecule has 0 aromatic heterocycles. The van der Waals surface area contributed by atoms with Crippen LogP contribution in [0.25, 0.3) is 0 Å². The molecule has 4 amide bonds. The van der Waals surface area contributed by atoms with E-state index in [2.05, 4.69) is 16.0 Å². The molecule has 1 aromatic carbocycles. The number of benzene rings is 1. The van der Waals surface area contributed by atoms with E-state index in [1.54, 1.807) is 0 Å². The van der Waals surface area contributed by atoms with Gasteiger partial charge in [0.2, 0.25) is 6.79 Å². The molecule has 0 saturated carbocycles. The van der Waals surface area contributed by atoms with Gasteiger partial charge in [-0.2, -0.15) is 0 Å². The largest absolute Gasteiger partial charge is 0.454 e. The molecule has 2 fully saturated rings. The summed E-state index contributed by atoms with van der Waals surface area (Å²) in [6.07, 6.45) is 0.672. The highest BCUT2D eigenvalue weighted by Crippen LogP contribution is 2.34. The van der Waals surface area contributed by atoms with Crippen molar-refractivity contribution in [2.45, 2.75) is 38.1 Å². The number of nitrogens with one attached hydrogen (secondary N) is 3. The Morgan fingerprint density at radius 1 is 1.12 bits per heavy atom. The second kappa shape index (κ2) is 7.00. The minimum Gasteiger partial charge on any atom is -0.454 e. The molecule has 1 atom stereocenters. The number of amides is 4. The highest BCUT2D eigenvalue weighted by molar-refractivity contribution is 5.96. The molecule has 0 aliphatic carbocycles. The van der Waals surface area contributed by atoms with Crippen LogP contribution < -0.4 is 25.4 Å². The van der Waals surface area contributed by atoms with Gasteiger partial charge < -0.3 is 24.8 Å². The van der Waals surface area contributed by atoms with Gasteiger partial charge in [0.25, 0.3) is 0 Å². The van der Waals surface area contributed by atoms with Gasteiger partial charge in [0.1, 0.15) is 0 Å². The maximum Gasteiger partial charge on any atom is 0.328 e. The van der Waals surface area contributed by atoms with Gasteiger partial charge in [-0.3, -0.25) is 5.32 Å². The molecule has 0 bridgehead atoms. The zero-order chi connectivity index (χ0) is 18.1. The predicted molar refractivity (Wildman–Crippen MR) is 90.6 cm³/mol. The first kappa shape index (κ1) is 16.9. The van der Waals surface area contributed by atoms with Gasteiger partial charge in [-0.1, -0.05) is 6.07 Å². The van der Waals surface area contributed by atoms with E-state index in [-0.39, 0.29) is 18.9 Å². The SMILES string of the molecule is CC(NC1NC(=O)N(C2CCOCC2)C(=O)N1)c1ccc2c(c1)OCO2. The van der Waals surface area contributed by atoms with Crippen LogP contribution >= 0.6 is 0 Å². The van der Waals surface area contributed by atoms with Crippen molar-refractivity contribution in [3.63, 3.8) is 0 Å². The van der Waals surface area contributed by atoms with Gasteiger partial charge >= 0.3 is 12.1 Å². The van der Waals surface area contributed by atoms with Crippen molar-refractivity contribution in [2.24, 2.45) is 0 Å². The van der Waals surface area contributed by atoms with Crippen molar-refractivity contribution in [2.75, 3.05) is 20.0 Å². The van der Waals surface area contributed by atoms with Crippen LogP contribution in [0.15, 0.2) is 18.2 Å². The lowest BCUT2D eigenvalue weighted by atomic mass is 10.1. The first-order chi connectivity index (χ1) is 12.6. The Hall–Kier alpha value is -2.52. The van der Waals surface area contributed by atoms with E-state index in [9.17, 15) is 9.59 Å². The summed E-state index contributed by atoms with van der Waals surface area (Å²) in [4.78, 5) is 26.1. The minimum atomic E-state index is -0.647. The van der Waals surface area contributed by atoms with E-state index >= 15 is 0 Å². The van der Waals surface area contributed by atoms with E-state index in [1.807, 2.05) is 25.1 Å². The van der Waals surface area contributed by atoms with Gasteiger partial charge in [-0.15, -0.1) is 0 Å². The first-order valence-corrected chi connectivity index (χ1v) is 8.75. The standard InChI is InChI=1S/C17H22N4O5/c1-10(11-2-3-13-14(8-11)26-9-25-13)18-15-19-16(22)21(17(23)20-15)12-4-6-24-7-5-12/h2-3,8,10,12,15,18H,4-7,9H2,1H3,(H,19,22)(H,20,23). The average molecular weight is 362 g/mol. The van der Waals surface area contributed by atoms with E-state index in [0.29, 0.717) is 37.6 Å². The molecule has 9 nitrogen and oxygen atoms in total. The third kappa shape index (κ3) is 3.27. The molecule has 3 aliphatic heterocycles. The number of rotatable bonds is 4. The molecule has 1 aromatic rings. The molecule has 140 valence electrons. The number of hydrogen-bond acceptors (Lipinski definition) is 6. The highest BCUT2D eigenvalue weighted by Gasteiger charge is 2.37. The maximum absolute atomic E-state index is 12.4. The van der Waals surface area contributed by atoms with Gasteiger partial charge in [-0.05, 0) is 37.5 Å². The quantitative estimate of drug-likeness (QED) is 0.746. The fraction of sp³-hybridized carbons (Fsp3) is 0.529. The molecule has 3 aliphatic rings. The third-order valence-corrected chi connectivity index (χ3v) is 4.84. The summed E-state index contributed by atoms with van der Waals surface area (Å²) in [6.45, 7) is 3.28. The number of ether oxygens (including phenoxy) is 3. The molecule has 3 heterocycles. The van der Waals surface area contributed by atoms with Crippen LogP contribution in [0.1, 0.15) is 31.4 Å². The summed E-state index contributed by atoms with van der Waals surface area (Å²) in [5.74, 6) is 1.41. The van der Waals surface area contributed by atoms with Crippen LogP contribution in [0.5, 0.6) is 11.5 Å². The number of hydrogen-bond donors (Lipinski definition) is 3. The predicted octanol–water partition coefficient (Wildman–Crippen LogP) is 1.26. The summed E-state index contributed by atoms with van der Waals surface area (Å²) in [5, 5.41) is 8.79. The number of fused-ring (bicyclic) bond motifs is 1. The first-order valence-electron chi connectivity index (χ1n) is 8.75. The van der Waals surface area contributed by atoms with Crippen molar-refractivity contribution in [1.29, 1.82) is 0 Å². The molecular weight excluding hydrogens is 340 g/mol. The lowest BCUT2D eigenvalue weighted by Gasteiger charge is -2.39. The lowest BCUT2D eigenvalue weighted by Crippen LogP contribution is -2.70. The van der Waals surface area contributed by atoms with Crippen molar-refractivity contribution >= 4 is 12.1 Å². The molecule has 4 rings (SSSR count). The Labute approximate surface area is 151 Å². The molecule has 2 saturated heterocycles. The molecule has 9 heteroatoms. The number of nitrogens with zero attached hydrogens (tertiary/aromatic N) is 1. The van der Waals surface area contributed by atoms with Gasteiger partial charge in [0.05, 0.1) is 0 Å². The number of carbonyl (C=O) groups excluding carboxylic acids is 2. The van der Waals surface area contributed by atoms with E-state index < -0.39 is 18.4 Å². The second-order valence-corrected chi connectivity index (χ2v) is 6.55. The Morgan fingerprint density at radius 2 is 1.81 bits per heavy atom. The van der Waals surface area contributed by atoms with Crippen LogP contribution in [0, 0.1) is 0 Å². The van der Waals surface area contributed by atoms with Crippen LogP contribution in [0.3, 0.4) is 0 Å². The second-order valence-electron chi connectivity index (χ2n) is 6.55. The highest BCUT2D eigenvalue weighted by atomic mass is 16.7. The normalized spacial score (nSPS) is 22.1. The Balaban J connectivity index is 1.38. The smallest absolute Gasteiger partial charge is 0.328 e. The zero-order valence-electron chi connectivity index (χ0n) is 14.5. The molecule has 1 unspecified atom stereocenters. The monoisotopic (exact) mass is 362 g/mol. The Morgan fingerprint density at radius 3 is 2.54 bits per heavy atom. The van der Waals surface area contributed by atoms with E-state index in [0.717, 1.165) is 5.56 Å². The Bertz CT molecular complexity index is 688. The Kier molecular flexibility index (Phi) is 4.56. The molecule has 0 spiro atoms. The van der Waals surface area contributed by atoms with Crippen LogP contribution in [0.2, 0.25) is 0 Å². The van der Waals surface area contributed by atoms with Crippen LogP contribution in [0.4, 0.5) is 9.59 Å². The summed E-state index contributed by atoms with van der Waals surface area (Å²) in [7, 11) is 0. The zero-order valence-corrected chi connectivity index (χ0v) is 14.5. The lowest BCUT2D eigenvalue weighted by molar-refractivity contribution is 0.0492. The fourth-order valence-corrected chi connectivity index (χ4v) is 3.40. The topological polar surface area (TPSA) is 101 Å². The number of urea groups is 2. The summed E-state index contributed by atoms with van der Waals surface area (Å²) in [5.41, 5.74) is 0.963. The van der Waals surface area contributed by atoms with Crippen LogP contribution in [-0.4, -0.2) is 49.3 Å². The fourth-order valence-electron chi connectivity index (χ4n) is 3.40. The summed E-state index contributed by atoms with van der Waals surface area (Å²) >= 11 is 0. The van der Waals surface area contributed by atoms with Gasteiger partial charge in [0.15, 0.2) is 17.8 Å². The van der Waals surface area contributed by atoms with Crippen molar-refractivity contribution < 1.29 is 23.8 Å². The van der Waals surface area contributed by atoms with Gasteiger partial charge in [-0.25, -0.2) is 14.5 Å². The van der Waals surface area contributed by atoms with E-state index in [1.165, 1.54) is 4.90 Å². The van der Waals surface area contributed by atoms with Crippen LogP contribution in [-0.2, 0) is 4.74 Å². The molecular formula is C17H22N4O5. The molecule has 26 heavy (non-hydrogen) atoms. The van der Waals surface area contributed by atoms with Crippen molar-refractivity contribution in [3.8, 4) is 11.5 Å². The average Bonchev–Trinajstić information content (AvgIpc) is 3.09. The number of imide groups is 1. The summed E-state index contributed by atoms with van der Waals surface area (Å²) < 4.78 is 16.0. The summed E-state index contributed by atoms with van der Waals surface area (Å²) in [6, 6.07) is 4.63. The van der Waals surface area contributed by atoms with Gasteiger partial charge in [0, 0.05) is 25.3 Å². The third-order valence-electron chi connectivity index (χ3n) is 4.84. The van der Waals surface area contributed by atoms with Crippen molar-refractivity contribution in [3.05, 3.63) is 23.8 Å². The maximum atomic E-state index is 12.4. The van der Waals surface area contributed by atoms with Crippen molar-refractivity contribution in [1.82, 2.24) is 20.9 Å². The van der Waals surface area contributed by atoms with E-state index in [4.69, 9.17) is 14.2 Å². The molecule has 0 radical (unpaired) electrons. The number of carbonyl (C=O) groups is 2.